The molecule has 1 aliphatic rings. The first-order valence-electron chi connectivity index (χ1n) is 8.96. The molecule has 8 nitrogen and oxygen atoms in total. The van der Waals surface area contributed by atoms with E-state index in [1.54, 1.807) is 0 Å². The number of aromatic amines is 2. The van der Waals surface area contributed by atoms with Crippen molar-refractivity contribution in [1.29, 1.82) is 0 Å². The molecule has 1 amide bonds. The molecule has 4 N–H and O–H groups in total. The van der Waals surface area contributed by atoms with Gasteiger partial charge in [0.25, 0.3) is 11.5 Å². The van der Waals surface area contributed by atoms with Gasteiger partial charge in [-0.3, -0.25) is 19.6 Å². The summed E-state index contributed by atoms with van der Waals surface area (Å²) >= 11 is 0. The summed E-state index contributed by atoms with van der Waals surface area (Å²) in [5.41, 5.74) is -1.06. The molecule has 2 unspecified atom stereocenters. The molecule has 8 heteroatoms. The van der Waals surface area contributed by atoms with Crippen LogP contribution in [0.1, 0.15) is 55.1 Å². The van der Waals surface area contributed by atoms with Gasteiger partial charge >= 0.3 is 5.69 Å². The molecule has 1 saturated carbocycles. The lowest BCUT2D eigenvalue weighted by atomic mass is 9.97. The number of H-pyrrole nitrogens is 2. The van der Waals surface area contributed by atoms with Crippen LogP contribution in [0.4, 0.5) is 0 Å². The van der Waals surface area contributed by atoms with E-state index in [1.165, 1.54) is 5.56 Å². The SMILES string of the molecule is CC(C)Oc1ccc(C2CCC(NC(=O)c3[nH]c(=O)[nH]c(=O)c3O)C2)cc1. The average molecular weight is 373 g/mol. The van der Waals surface area contributed by atoms with Gasteiger partial charge in [0.1, 0.15) is 5.75 Å². The number of nitrogens with one attached hydrogen (secondary N) is 3. The molecule has 0 spiro atoms. The third kappa shape index (κ3) is 4.39. The van der Waals surface area contributed by atoms with E-state index in [0.29, 0.717) is 5.92 Å². The zero-order valence-electron chi connectivity index (χ0n) is 15.2. The van der Waals surface area contributed by atoms with Gasteiger partial charge in [-0.1, -0.05) is 12.1 Å². The number of aromatic hydroxyl groups is 1. The van der Waals surface area contributed by atoms with Gasteiger partial charge in [0.05, 0.1) is 6.10 Å². The fourth-order valence-electron chi connectivity index (χ4n) is 3.41. The van der Waals surface area contributed by atoms with Crippen LogP contribution in [0.25, 0.3) is 0 Å². The smallest absolute Gasteiger partial charge is 0.326 e. The van der Waals surface area contributed by atoms with Crippen molar-refractivity contribution in [2.45, 2.75) is 51.2 Å². The van der Waals surface area contributed by atoms with Crippen molar-refractivity contribution >= 4 is 5.91 Å². The number of rotatable bonds is 5. The Morgan fingerprint density at radius 1 is 1.19 bits per heavy atom. The average Bonchev–Trinajstić information content (AvgIpc) is 3.06. The van der Waals surface area contributed by atoms with Crippen LogP contribution in [0.15, 0.2) is 33.9 Å². The van der Waals surface area contributed by atoms with Crippen LogP contribution < -0.4 is 21.3 Å². The Morgan fingerprint density at radius 2 is 1.89 bits per heavy atom. The molecule has 0 bridgehead atoms. The molecular weight excluding hydrogens is 350 g/mol. The number of amides is 1. The topological polar surface area (TPSA) is 124 Å². The summed E-state index contributed by atoms with van der Waals surface area (Å²) < 4.78 is 5.65. The van der Waals surface area contributed by atoms with Crippen LogP contribution in [-0.4, -0.2) is 33.1 Å². The van der Waals surface area contributed by atoms with Crippen molar-refractivity contribution in [3.63, 3.8) is 0 Å². The summed E-state index contributed by atoms with van der Waals surface area (Å²) in [4.78, 5) is 39.1. The van der Waals surface area contributed by atoms with Gasteiger partial charge in [-0.25, -0.2) is 4.79 Å². The first-order valence-corrected chi connectivity index (χ1v) is 8.96. The van der Waals surface area contributed by atoms with E-state index in [1.807, 2.05) is 43.1 Å². The highest BCUT2D eigenvalue weighted by Gasteiger charge is 2.28. The van der Waals surface area contributed by atoms with Gasteiger partial charge in [-0.05, 0) is 56.7 Å². The predicted molar refractivity (Wildman–Crippen MR) is 99.4 cm³/mol. The van der Waals surface area contributed by atoms with Crippen molar-refractivity contribution in [1.82, 2.24) is 15.3 Å². The van der Waals surface area contributed by atoms with Crippen LogP contribution in [0.3, 0.4) is 0 Å². The molecule has 0 saturated heterocycles. The zero-order chi connectivity index (χ0) is 19.6. The molecule has 2 aromatic rings. The number of hydrogen-bond acceptors (Lipinski definition) is 5. The van der Waals surface area contributed by atoms with E-state index in [0.717, 1.165) is 25.0 Å². The van der Waals surface area contributed by atoms with E-state index >= 15 is 0 Å². The minimum absolute atomic E-state index is 0.101. The number of ether oxygens (including phenoxy) is 1. The predicted octanol–water partition coefficient (Wildman–Crippen LogP) is 1.62. The van der Waals surface area contributed by atoms with Gasteiger partial charge in [-0.15, -0.1) is 0 Å². The third-order valence-electron chi connectivity index (χ3n) is 4.64. The standard InChI is InChI=1S/C19H23N3O5/c1-10(2)27-14-7-4-11(5-8-14)12-3-6-13(9-12)20-17(24)15-16(23)18(25)22-19(26)21-15/h4-5,7-8,10,12-13,23H,3,6,9H2,1-2H3,(H,20,24)(H2,21,22,25,26). The maximum absolute atomic E-state index is 12.3. The second-order valence-corrected chi connectivity index (χ2v) is 7.05. The lowest BCUT2D eigenvalue weighted by molar-refractivity contribution is 0.0928. The van der Waals surface area contributed by atoms with Gasteiger partial charge < -0.3 is 15.2 Å². The molecular formula is C19H23N3O5. The highest BCUT2D eigenvalue weighted by molar-refractivity contribution is 5.94. The third-order valence-corrected chi connectivity index (χ3v) is 4.64. The molecule has 1 aromatic heterocycles. The molecule has 3 rings (SSSR count). The second kappa shape index (κ2) is 7.69. The quantitative estimate of drug-likeness (QED) is 0.634. The van der Waals surface area contributed by atoms with Gasteiger partial charge in [-0.2, -0.15) is 0 Å². The molecule has 0 aliphatic heterocycles. The Balaban J connectivity index is 1.64. The van der Waals surface area contributed by atoms with Crippen LogP contribution >= 0.6 is 0 Å². The second-order valence-electron chi connectivity index (χ2n) is 7.05. The normalized spacial score (nSPS) is 19.2. The number of aromatic nitrogens is 2. The Labute approximate surface area is 155 Å². The summed E-state index contributed by atoms with van der Waals surface area (Å²) in [5.74, 6) is -0.329. The first-order chi connectivity index (χ1) is 12.8. The minimum atomic E-state index is -0.989. The maximum Gasteiger partial charge on any atom is 0.326 e. The van der Waals surface area contributed by atoms with Crippen LogP contribution in [0.5, 0.6) is 11.5 Å². The Hall–Kier alpha value is -3.03. The van der Waals surface area contributed by atoms with E-state index in [4.69, 9.17) is 4.74 Å². The van der Waals surface area contributed by atoms with E-state index < -0.39 is 28.6 Å². The molecule has 27 heavy (non-hydrogen) atoms. The van der Waals surface area contributed by atoms with Crippen molar-refractivity contribution in [3.05, 3.63) is 56.4 Å². The molecule has 144 valence electrons. The number of carbonyl (C=O) groups is 1. The van der Waals surface area contributed by atoms with Crippen molar-refractivity contribution < 1.29 is 14.6 Å². The molecule has 1 aliphatic carbocycles. The van der Waals surface area contributed by atoms with Crippen molar-refractivity contribution in [2.75, 3.05) is 0 Å². The Kier molecular flexibility index (Phi) is 5.34. The Bertz CT molecular complexity index is 930. The van der Waals surface area contributed by atoms with Crippen LogP contribution in [-0.2, 0) is 0 Å². The summed E-state index contributed by atoms with van der Waals surface area (Å²) in [6, 6.07) is 7.86. The van der Waals surface area contributed by atoms with E-state index in [-0.39, 0.29) is 12.1 Å². The highest BCUT2D eigenvalue weighted by atomic mass is 16.5. The van der Waals surface area contributed by atoms with Gasteiger partial charge in [0.15, 0.2) is 5.69 Å². The number of benzene rings is 1. The van der Waals surface area contributed by atoms with E-state index in [9.17, 15) is 19.5 Å². The summed E-state index contributed by atoms with van der Waals surface area (Å²) in [6.07, 6.45) is 2.54. The molecule has 2 atom stereocenters. The largest absolute Gasteiger partial charge is 0.501 e. The summed E-state index contributed by atoms with van der Waals surface area (Å²) in [6.45, 7) is 3.95. The lowest BCUT2D eigenvalue weighted by Gasteiger charge is -2.15. The van der Waals surface area contributed by atoms with Gasteiger partial charge in [0, 0.05) is 6.04 Å². The number of carbonyl (C=O) groups excluding carboxylic acids is 1. The van der Waals surface area contributed by atoms with Crippen LogP contribution in [0.2, 0.25) is 0 Å². The van der Waals surface area contributed by atoms with Crippen molar-refractivity contribution in [2.24, 2.45) is 0 Å². The molecule has 0 radical (unpaired) electrons. The Morgan fingerprint density at radius 3 is 2.56 bits per heavy atom. The first kappa shape index (κ1) is 18.8. The van der Waals surface area contributed by atoms with Crippen LogP contribution in [0, 0.1) is 0 Å². The lowest BCUT2D eigenvalue weighted by Crippen LogP contribution is -2.36. The summed E-state index contributed by atoms with van der Waals surface area (Å²) in [7, 11) is 0. The minimum Gasteiger partial charge on any atom is -0.501 e. The maximum atomic E-state index is 12.3. The molecule has 1 fully saturated rings. The highest BCUT2D eigenvalue weighted by Crippen LogP contribution is 2.35. The van der Waals surface area contributed by atoms with E-state index in [2.05, 4.69) is 10.3 Å². The zero-order valence-corrected chi connectivity index (χ0v) is 15.2. The summed E-state index contributed by atoms with van der Waals surface area (Å²) in [5, 5.41) is 12.5. The van der Waals surface area contributed by atoms with Gasteiger partial charge in [0.2, 0.25) is 5.75 Å². The van der Waals surface area contributed by atoms with Crippen molar-refractivity contribution in [3.8, 4) is 11.5 Å². The monoisotopic (exact) mass is 373 g/mol. The fourth-order valence-corrected chi connectivity index (χ4v) is 3.41. The molecule has 1 aromatic carbocycles. The molecule has 1 heterocycles. The fraction of sp³-hybridized carbons (Fsp3) is 0.421. The number of hydrogen-bond donors (Lipinski definition) is 4.